The molecule has 46 heavy (non-hydrogen) atoms. The summed E-state index contributed by atoms with van der Waals surface area (Å²) in [5.74, 6) is -1.06. The quantitative estimate of drug-likeness (QED) is 0.124. The van der Waals surface area contributed by atoms with Gasteiger partial charge in [0.1, 0.15) is 17.1 Å². The number of rotatable bonds is 11. The molecule has 1 heterocycles. The molecule has 0 atom stereocenters. The Morgan fingerprint density at radius 2 is 1.67 bits per heavy atom. The van der Waals surface area contributed by atoms with Crippen molar-refractivity contribution in [2.24, 2.45) is 0 Å². The first-order valence-corrected chi connectivity index (χ1v) is 16.5. The number of halogens is 3. The number of aromatic nitrogens is 2. The van der Waals surface area contributed by atoms with E-state index in [-0.39, 0.29) is 53.5 Å². The van der Waals surface area contributed by atoms with Crippen LogP contribution in [0.15, 0.2) is 42.6 Å². The van der Waals surface area contributed by atoms with Gasteiger partial charge in [0.2, 0.25) is 5.95 Å². The highest BCUT2D eigenvalue weighted by Gasteiger charge is 2.45. The molecule has 1 aliphatic carbocycles. The number of carbonyl (C=O) groups excluding carboxylic acids is 1. The van der Waals surface area contributed by atoms with E-state index in [2.05, 4.69) is 25.9 Å². The van der Waals surface area contributed by atoms with E-state index in [9.17, 15) is 37.4 Å². The van der Waals surface area contributed by atoms with E-state index >= 15 is 0 Å². The summed E-state index contributed by atoms with van der Waals surface area (Å²) in [7, 11) is -1.81. The van der Waals surface area contributed by atoms with E-state index in [1.165, 1.54) is 38.4 Å². The number of nitrogens with zero attached hydrogens (tertiary/aromatic N) is 2. The van der Waals surface area contributed by atoms with Crippen LogP contribution < -0.4 is 20.7 Å². The summed E-state index contributed by atoms with van der Waals surface area (Å²) in [4.78, 5) is 41.1. The van der Waals surface area contributed by atoms with E-state index < -0.39 is 36.2 Å². The van der Waals surface area contributed by atoms with Gasteiger partial charge in [-0.2, -0.15) is 18.2 Å². The second-order valence-electron chi connectivity index (χ2n) is 11.3. The van der Waals surface area contributed by atoms with E-state index in [4.69, 9.17) is 4.74 Å². The van der Waals surface area contributed by atoms with Gasteiger partial charge >= 0.3 is 13.8 Å². The number of ether oxygens (including phenoxy) is 1. The maximum absolute atomic E-state index is 14.1. The van der Waals surface area contributed by atoms with Crippen molar-refractivity contribution in [3.63, 3.8) is 0 Å². The molecule has 1 fully saturated rings. The Kier molecular flexibility index (Phi) is 10.7. The van der Waals surface area contributed by atoms with Gasteiger partial charge in [0, 0.05) is 13.2 Å². The van der Waals surface area contributed by atoms with Crippen molar-refractivity contribution < 1.29 is 42.2 Å². The van der Waals surface area contributed by atoms with Gasteiger partial charge in [-0.25, -0.2) is 4.98 Å². The van der Waals surface area contributed by atoms with Crippen LogP contribution in [0.3, 0.4) is 0 Å². The third-order valence-corrected chi connectivity index (χ3v) is 10.7. The van der Waals surface area contributed by atoms with Gasteiger partial charge in [0.15, 0.2) is 0 Å². The molecule has 3 aromatic rings. The Bertz CT molecular complexity index is 1600. The summed E-state index contributed by atoms with van der Waals surface area (Å²) < 4.78 is 60.2. The fourth-order valence-corrected chi connectivity index (χ4v) is 7.27. The molecule has 0 unspecified atom stereocenters. The van der Waals surface area contributed by atoms with Crippen molar-refractivity contribution in [2.75, 3.05) is 24.8 Å². The fourth-order valence-electron chi connectivity index (χ4n) is 5.97. The molecule has 0 aliphatic heterocycles. The molecular formula is C31H39F3N5O6P. The van der Waals surface area contributed by atoms with Crippen molar-refractivity contribution in [1.82, 2.24) is 15.3 Å². The highest BCUT2D eigenvalue weighted by Crippen LogP contribution is 2.61. The topological polar surface area (TPSA) is 166 Å². The number of aliphatic hydroxyl groups excluding tert-OH is 1. The molecular weight excluding hydrogens is 626 g/mol. The molecule has 1 amide bonds. The van der Waals surface area contributed by atoms with Crippen molar-refractivity contribution in [3.05, 3.63) is 64.8 Å². The van der Waals surface area contributed by atoms with E-state index in [0.717, 1.165) is 18.4 Å². The molecule has 0 saturated heterocycles. The fraction of sp³-hybridized carbons (Fsp3) is 0.452. The van der Waals surface area contributed by atoms with Crippen LogP contribution in [0.4, 0.5) is 36.3 Å². The van der Waals surface area contributed by atoms with Crippen LogP contribution in [0.25, 0.3) is 0 Å². The van der Waals surface area contributed by atoms with Gasteiger partial charge in [-0.3, -0.25) is 9.36 Å². The van der Waals surface area contributed by atoms with Crippen LogP contribution in [-0.2, 0) is 15.9 Å². The lowest BCUT2D eigenvalue weighted by Crippen LogP contribution is -2.24. The number of hydrogen-bond donors (Lipinski definition) is 6. The maximum Gasteiger partial charge on any atom is 0.421 e. The molecule has 2 aromatic carbocycles. The molecule has 0 spiro atoms. The van der Waals surface area contributed by atoms with Gasteiger partial charge in [-0.15, -0.1) is 0 Å². The zero-order valence-corrected chi connectivity index (χ0v) is 26.9. The number of benzene rings is 2. The summed E-state index contributed by atoms with van der Waals surface area (Å²) in [5, 5.41) is 16.5. The summed E-state index contributed by atoms with van der Waals surface area (Å²) in [6.45, 7) is 3.35. The number of carbonyl (C=O) groups is 1. The number of anilines is 4. The van der Waals surface area contributed by atoms with E-state index in [0.29, 0.717) is 24.6 Å². The molecule has 1 saturated carbocycles. The lowest BCUT2D eigenvalue weighted by Gasteiger charge is -2.33. The second-order valence-corrected chi connectivity index (χ2v) is 13.2. The summed E-state index contributed by atoms with van der Waals surface area (Å²) >= 11 is 0. The molecule has 1 aliphatic rings. The third kappa shape index (κ3) is 7.30. The Morgan fingerprint density at radius 1 is 1.02 bits per heavy atom. The highest BCUT2D eigenvalue weighted by atomic mass is 31.2. The Balaban J connectivity index is 1.72. The lowest BCUT2D eigenvalue weighted by atomic mass is 9.82. The number of amides is 1. The standard InChI is InChI=1S/C31H39F3N5O6P/c1-5-30(6-2,46(42,43)44)20-10-14-25(26(16-20)45-4)38-29-36-17-23(31(32,33)34)27(39-29)37-24-13-9-19(15-22(24)28(41)35-3)18-7-11-21(40)12-8-18/h9-10,13-18,21,40H,5-8,11-12H2,1-4H3,(H,35,41)(H2,42,43,44)(H2,36,37,38,39). The van der Waals surface area contributed by atoms with Gasteiger partial charge < -0.3 is 35.6 Å². The van der Waals surface area contributed by atoms with E-state index in [1.807, 2.05) is 0 Å². The van der Waals surface area contributed by atoms with Crippen LogP contribution in [0.2, 0.25) is 0 Å². The lowest BCUT2D eigenvalue weighted by molar-refractivity contribution is -0.137. The number of aliphatic hydroxyl groups is 1. The number of alkyl halides is 3. The number of hydrogen-bond acceptors (Lipinski definition) is 8. The number of methoxy groups -OCH3 is 1. The molecule has 1 aromatic heterocycles. The number of nitrogens with one attached hydrogen (secondary N) is 3. The minimum Gasteiger partial charge on any atom is -0.495 e. The maximum atomic E-state index is 14.1. The summed E-state index contributed by atoms with van der Waals surface area (Å²) in [5.41, 5.74) is 0.511. The monoisotopic (exact) mass is 665 g/mol. The van der Waals surface area contributed by atoms with Crippen LogP contribution in [-0.4, -0.2) is 51.0 Å². The summed E-state index contributed by atoms with van der Waals surface area (Å²) in [6.07, 6.45) is -1.57. The van der Waals surface area contributed by atoms with E-state index in [1.54, 1.807) is 26.0 Å². The largest absolute Gasteiger partial charge is 0.495 e. The SMILES string of the molecule is CCC(CC)(c1ccc(Nc2ncc(C(F)(F)F)c(Nc3ccc(C4CCC(O)CC4)cc3C(=O)NC)n2)c(OC)c1)P(=O)(O)O. The zero-order chi connectivity index (χ0) is 33.9. The normalized spacial score (nSPS) is 17.3. The van der Waals surface area contributed by atoms with Gasteiger partial charge in [0.05, 0.1) is 35.3 Å². The van der Waals surface area contributed by atoms with Crippen molar-refractivity contribution in [2.45, 2.75) is 75.7 Å². The first kappa shape index (κ1) is 35.1. The van der Waals surface area contributed by atoms with Crippen LogP contribution in [0.1, 0.15) is 85.3 Å². The highest BCUT2D eigenvalue weighted by molar-refractivity contribution is 7.53. The van der Waals surface area contributed by atoms with Crippen molar-refractivity contribution in [3.8, 4) is 5.75 Å². The minimum atomic E-state index is -4.83. The average molecular weight is 666 g/mol. The van der Waals surface area contributed by atoms with Crippen molar-refractivity contribution in [1.29, 1.82) is 0 Å². The minimum absolute atomic E-state index is 0.101. The van der Waals surface area contributed by atoms with Gasteiger partial charge in [-0.1, -0.05) is 26.0 Å². The first-order chi connectivity index (χ1) is 21.7. The molecule has 250 valence electrons. The molecule has 4 rings (SSSR count). The molecule has 0 bridgehead atoms. The van der Waals surface area contributed by atoms with Crippen LogP contribution in [0, 0.1) is 0 Å². The summed E-state index contributed by atoms with van der Waals surface area (Å²) in [6, 6.07) is 9.42. The molecule has 11 nitrogen and oxygen atoms in total. The Morgan fingerprint density at radius 3 is 2.24 bits per heavy atom. The molecule has 15 heteroatoms. The van der Waals surface area contributed by atoms with Crippen LogP contribution >= 0.6 is 7.60 Å². The van der Waals surface area contributed by atoms with Crippen LogP contribution in [0.5, 0.6) is 5.75 Å². The van der Waals surface area contributed by atoms with Gasteiger partial charge in [-0.05, 0) is 79.8 Å². The zero-order valence-electron chi connectivity index (χ0n) is 26.0. The first-order valence-electron chi connectivity index (χ1n) is 14.9. The average Bonchev–Trinajstić information content (AvgIpc) is 3.01. The smallest absolute Gasteiger partial charge is 0.421 e. The van der Waals surface area contributed by atoms with Gasteiger partial charge in [0.25, 0.3) is 5.91 Å². The second kappa shape index (κ2) is 14.0. The predicted octanol–water partition coefficient (Wildman–Crippen LogP) is 6.56. The molecule has 0 radical (unpaired) electrons. The Labute approximate surface area is 265 Å². The van der Waals surface area contributed by atoms with Crippen molar-refractivity contribution >= 4 is 36.6 Å². The predicted molar refractivity (Wildman–Crippen MR) is 168 cm³/mol. The third-order valence-electron chi connectivity index (χ3n) is 8.74. The molecule has 6 N–H and O–H groups in total. The Hall–Kier alpha value is -3.71.